The van der Waals surface area contributed by atoms with Crippen LogP contribution in [0.3, 0.4) is 0 Å². The molecule has 0 bridgehead atoms. The molecular formula is C29H35F3N6O2S. The molecule has 8 nitrogen and oxygen atoms in total. The molecule has 12 heteroatoms. The maximum absolute atomic E-state index is 13.0. The second-order valence-electron chi connectivity index (χ2n) is 11.6. The van der Waals surface area contributed by atoms with Gasteiger partial charge in [0, 0.05) is 41.7 Å². The Labute approximate surface area is 240 Å². The maximum atomic E-state index is 13.0. The van der Waals surface area contributed by atoms with Gasteiger partial charge in [-0.3, -0.25) is 4.79 Å². The average molecular weight is 589 g/mol. The van der Waals surface area contributed by atoms with Crippen LogP contribution in [-0.4, -0.2) is 75.0 Å². The van der Waals surface area contributed by atoms with Crippen molar-refractivity contribution < 1.29 is 22.7 Å². The summed E-state index contributed by atoms with van der Waals surface area (Å²) in [5.41, 5.74) is 8.01. The van der Waals surface area contributed by atoms with Crippen molar-refractivity contribution in [2.75, 3.05) is 26.2 Å². The lowest BCUT2D eigenvalue weighted by molar-refractivity contribution is -0.229. The molecule has 6 heterocycles. The van der Waals surface area contributed by atoms with Gasteiger partial charge in [-0.05, 0) is 67.7 Å². The number of aromatic nitrogens is 4. The summed E-state index contributed by atoms with van der Waals surface area (Å²) in [7, 11) is 0. The van der Waals surface area contributed by atoms with Crippen molar-refractivity contribution in [3.8, 4) is 11.3 Å². The molecule has 0 saturated carbocycles. The second-order valence-corrected chi connectivity index (χ2v) is 12.7. The third kappa shape index (κ3) is 4.83. The number of carbonyl (C=O) groups is 1. The molecule has 2 unspecified atom stereocenters. The Morgan fingerprint density at radius 1 is 1.15 bits per heavy atom. The minimum absolute atomic E-state index is 0.180. The summed E-state index contributed by atoms with van der Waals surface area (Å²) in [6.45, 7) is 11.4. The fraction of sp³-hybridized carbons (Fsp3) is 0.552. The molecule has 4 aromatic heterocycles. The van der Waals surface area contributed by atoms with Crippen molar-refractivity contribution in [3.05, 3.63) is 39.7 Å². The Balaban J connectivity index is 1.22. The predicted molar refractivity (Wildman–Crippen MR) is 153 cm³/mol. The van der Waals surface area contributed by atoms with Crippen molar-refractivity contribution in [1.82, 2.24) is 29.8 Å². The first-order valence-electron chi connectivity index (χ1n) is 14.1. The normalized spacial score (nSPS) is 21.0. The molecule has 2 atom stereocenters. The van der Waals surface area contributed by atoms with Crippen LogP contribution < -0.4 is 5.32 Å². The number of hydrogen-bond acceptors (Lipinski definition) is 6. The Bertz CT molecular complexity index is 1600. The highest BCUT2D eigenvalue weighted by molar-refractivity contribution is 7.19. The molecule has 4 aromatic rings. The number of nitrogens with zero attached hydrogens (tertiary/aromatic N) is 4. The smallest absolute Gasteiger partial charge is 0.365 e. The zero-order chi connectivity index (χ0) is 29.2. The number of pyridine rings is 1. The molecular weight excluding hydrogens is 553 g/mol. The van der Waals surface area contributed by atoms with Gasteiger partial charge in [-0.15, -0.1) is 11.3 Å². The number of morpholine rings is 1. The summed E-state index contributed by atoms with van der Waals surface area (Å²) in [4.78, 5) is 25.5. The second kappa shape index (κ2) is 10.4. The zero-order valence-corrected chi connectivity index (χ0v) is 24.7. The number of nitrogens with one attached hydrogen (secondary N) is 2. The Kier molecular flexibility index (Phi) is 7.14. The standard InChI is InChI=1S/C29H35F3N6O2S/c1-14(2)22-23-17(5)25(41-27(23)36-24(22)19-11-38-26(34-13-35-38)16(4)15(19)3)18-6-8-37(9-7-18)28(39)20-12-40-21(10-33-20)29(30,31)32/h11,13-14,18,20-21,33,36H,6-10,12H2,1-5H3. The molecule has 0 spiro atoms. The van der Waals surface area contributed by atoms with Crippen molar-refractivity contribution in [3.63, 3.8) is 0 Å². The van der Waals surface area contributed by atoms with E-state index in [1.165, 1.54) is 27.0 Å². The van der Waals surface area contributed by atoms with Gasteiger partial charge >= 0.3 is 6.18 Å². The Morgan fingerprint density at radius 2 is 1.88 bits per heavy atom. The van der Waals surface area contributed by atoms with Gasteiger partial charge in [-0.2, -0.15) is 18.3 Å². The molecule has 2 aliphatic heterocycles. The van der Waals surface area contributed by atoms with Gasteiger partial charge in [0.15, 0.2) is 11.8 Å². The number of fused-ring (bicyclic) bond motifs is 2. The van der Waals surface area contributed by atoms with Gasteiger partial charge in [0.05, 0.1) is 12.3 Å². The van der Waals surface area contributed by atoms with Crippen molar-refractivity contribution in [2.24, 2.45) is 0 Å². The van der Waals surface area contributed by atoms with E-state index in [0.29, 0.717) is 24.9 Å². The van der Waals surface area contributed by atoms with Crippen LogP contribution in [0.4, 0.5) is 13.2 Å². The number of aromatic amines is 1. The van der Waals surface area contributed by atoms with Gasteiger partial charge in [-0.25, -0.2) is 9.50 Å². The molecule has 2 fully saturated rings. The van der Waals surface area contributed by atoms with E-state index in [1.807, 2.05) is 4.52 Å². The van der Waals surface area contributed by atoms with Crippen LogP contribution in [0.1, 0.15) is 65.7 Å². The first kappa shape index (κ1) is 28.2. The molecule has 41 heavy (non-hydrogen) atoms. The third-order valence-electron chi connectivity index (χ3n) is 8.79. The highest BCUT2D eigenvalue weighted by atomic mass is 32.1. The number of halogens is 3. The molecule has 0 aromatic carbocycles. The number of ether oxygens (including phenoxy) is 1. The van der Waals surface area contributed by atoms with Crippen LogP contribution in [0.2, 0.25) is 0 Å². The van der Waals surface area contributed by atoms with Crippen LogP contribution in [0.5, 0.6) is 0 Å². The first-order valence-corrected chi connectivity index (χ1v) is 14.9. The number of thiophene rings is 1. The lowest BCUT2D eigenvalue weighted by atomic mass is 9.89. The van der Waals surface area contributed by atoms with E-state index in [1.54, 1.807) is 22.6 Å². The van der Waals surface area contributed by atoms with Crippen LogP contribution in [0.25, 0.3) is 27.1 Å². The number of amides is 1. The van der Waals surface area contributed by atoms with E-state index in [4.69, 9.17) is 4.74 Å². The number of rotatable bonds is 4. The van der Waals surface area contributed by atoms with Crippen molar-refractivity contribution in [1.29, 1.82) is 0 Å². The van der Waals surface area contributed by atoms with E-state index < -0.39 is 24.9 Å². The minimum Gasteiger partial charge on any atom is -0.365 e. The number of piperidine rings is 1. The van der Waals surface area contributed by atoms with E-state index in [9.17, 15) is 18.0 Å². The number of alkyl halides is 3. The Morgan fingerprint density at radius 3 is 2.51 bits per heavy atom. The molecule has 2 aliphatic rings. The number of H-pyrrole nitrogens is 1. The minimum atomic E-state index is -4.43. The lowest BCUT2D eigenvalue weighted by Gasteiger charge is -2.37. The van der Waals surface area contributed by atoms with Gasteiger partial charge in [0.25, 0.3) is 0 Å². The van der Waals surface area contributed by atoms with Crippen LogP contribution in [0.15, 0.2) is 12.5 Å². The predicted octanol–water partition coefficient (Wildman–Crippen LogP) is 5.61. The fourth-order valence-electron chi connectivity index (χ4n) is 6.41. The van der Waals surface area contributed by atoms with E-state index in [-0.39, 0.29) is 12.5 Å². The van der Waals surface area contributed by atoms with Crippen LogP contribution in [0, 0.1) is 20.8 Å². The monoisotopic (exact) mass is 588 g/mol. The van der Waals surface area contributed by atoms with Gasteiger partial charge < -0.3 is 19.9 Å². The molecule has 6 rings (SSSR count). The highest BCUT2D eigenvalue weighted by Crippen LogP contribution is 2.46. The number of aryl methyl sites for hydroxylation is 2. The fourth-order valence-corrected chi connectivity index (χ4v) is 7.81. The molecule has 2 saturated heterocycles. The summed E-state index contributed by atoms with van der Waals surface area (Å²) in [6, 6.07) is -0.734. The van der Waals surface area contributed by atoms with Gasteiger partial charge in [0.1, 0.15) is 17.2 Å². The van der Waals surface area contributed by atoms with E-state index in [0.717, 1.165) is 40.1 Å². The van der Waals surface area contributed by atoms with E-state index >= 15 is 0 Å². The van der Waals surface area contributed by atoms with Crippen molar-refractivity contribution >= 4 is 33.1 Å². The Hall–Kier alpha value is -2.96. The molecule has 220 valence electrons. The number of carbonyl (C=O) groups excluding carboxylic acids is 1. The summed E-state index contributed by atoms with van der Waals surface area (Å²) in [6.07, 6.45) is -1.01. The summed E-state index contributed by atoms with van der Waals surface area (Å²) in [5, 5.41) is 8.41. The number of likely N-dealkylation sites (tertiary alicyclic amines) is 1. The van der Waals surface area contributed by atoms with Crippen molar-refractivity contribution in [2.45, 2.75) is 77.6 Å². The third-order valence-corrected chi connectivity index (χ3v) is 10.2. The van der Waals surface area contributed by atoms with E-state index in [2.05, 4.69) is 61.2 Å². The topological polar surface area (TPSA) is 87.5 Å². The number of hydrogen-bond donors (Lipinski definition) is 2. The quantitative estimate of drug-likeness (QED) is 0.324. The maximum Gasteiger partial charge on any atom is 0.415 e. The average Bonchev–Trinajstić information content (AvgIpc) is 3.65. The van der Waals surface area contributed by atoms with Crippen LogP contribution >= 0.6 is 11.3 Å². The SMILES string of the molecule is Cc1c(-c2[nH]c3sc(C4CCN(C(=O)C5COC(C(F)(F)F)CN5)CC4)c(C)c3c2C(C)C)cn2ncnc2c1C. The summed E-state index contributed by atoms with van der Waals surface area (Å²) >= 11 is 1.80. The molecule has 2 N–H and O–H groups in total. The molecule has 0 aliphatic carbocycles. The lowest BCUT2D eigenvalue weighted by Crippen LogP contribution is -2.58. The van der Waals surface area contributed by atoms with Crippen LogP contribution in [-0.2, 0) is 9.53 Å². The summed E-state index contributed by atoms with van der Waals surface area (Å²) in [5.74, 6) is 0.447. The molecule has 1 amide bonds. The van der Waals surface area contributed by atoms with Gasteiger partial charge in [0.2, 0.25) is 5.91 Å². The first-order chi connectivity index (χ1) is 19.5. The zero-order valence-electron chi connectivity index (χ0n) is 23.9. The van der Waals surface area contributed by atoms with Gasteiger partial charge in [-0.1, -0.05) is 13.8 Å². The highest BCUT2D eigenvalue weighted by Gasteiger charge is 2.44. The summed E-state index contributed by atoms with van der Waals surface area (Å²) < 4.78 is 45.5. The molecule has 0 radical (unpaired) electrons. The largest absolute Gasteiger partial charge is 0.415 e.